The van der Waals surface area contributed by atoms with E-state index in [4.69, 9.17) is 0 Å². The highest BCUT2D eigenvalue weighted by atomic mass is 19.1. The highest BCUT2D eigenvalue weighted by Crippen LogP contribution is 2.22. The van der Waals surface area contributed by atoms with Crippen LogP contribution in [0.5, 0.6) is 0 Å². The minimum absolute atomic E-state index is 0.121. The predicted molar refractivity (Wildman–Crippen MR) is 73.1 cm³/mol. The molecule has 0 spiro atoms. The summed E-state index contributed by atoms with van der Waals surface area (Å²) in [4.78, 5) is 0. The van der Waals surface area contributed by atoms with Gasteiger partial charge in [0.2, 0.25) is 0 Å². The van der Waals surface area contributed by atoms with Crippen molar-refractivity contribution in [2.45, 2.75) is 19.9 Å². The predicted octanol–water partition coefficient (Wildman–Crippen LogP) is 3.83. The first-order valence-electron chi connectivity index (χ1n) is 6.26. The summed E-state index contributed by atoms with van der Waals surface area (Å²) in [5, 5.41) is 3.43. The van der Waals surface area contributed by atoms with Crippen molar-refractivity contribution in [1.29, 1.82) is 0 Å². The molecule has 1 unspecified atom stereocenters. The van der Waals surface area contributed by atoms with Crippen molar-refractivity contribution in [3.05, 3.63) is 71.0 Å². The second-order valence-electron chi connectivity index (χ2n) is 4.45. The number of hydrogen-bond donors (Lipinski definition) is 1. The van der Waals surface area contributed by atoms with E-state index in [9.17, 15) is 4.39 Å². The van der Waals surface area contributed by atoms with E-state index >= 15 is 0 Å². The molecule has 0 aromatic heterocycles. The Morgan fingerprint density at radius 3 is 1.94 bits per heavy atom. The Morgan fingerprint density at radius 1 is 0.944 bits per heavy atom. The van der Waals surface area contributed by atoms with Crippen LogP contribution in [-0.4, -0.2) is 6.54 Å². The molecular weight excluding hydrogens is 225 g/mol. The van der Waals surface area contributed by atoms with Crippen molar-refractivity contribution in [3.63, 3.8) is 0 Å². The minimum atomic E-state index is -0.196. The average Bonchev–Trinajstić information content (AvgIpc) is 2.39. The highest BCUT2D eigenvalue weighted by molar-refractivity contribution is 5.33. The molecule has 18 heavy (non-hydrogen) atoms. The molecule has 2 rings (SSSR count). The van der Waals surface area contributed by atoms with Crippen molar-refractivity contribution in [3.8, 4) is 0 Å². The molecular formula is C16H18FN. The fraction of sp³-hybridized carbons (Fsp3) is 0.250. The zero-order valence-electron chi connectivity index (χ0n) is 10.8. The van der Waals surface area contributed by atoms with E-state index < -0.39 is 0 Å². The topological polar surface area (TPSA) is 12.0 Å². The molecule has 2 aromatic carbocycles. The van der Waals surface area contributed by atoms with Crippen LogP contribution in [0.15, 0.2) is 48.5 Å². The van der Waals surface area contributed by atoms with E-state index in [1.807, 2.05) is 12.1 Å². The molecule has 0 heterocycles. The molecule has 0 aliphatic carbocycles. The van der Waals surface area contributed by atoms with Crippen LogP contribution in [-0.2, 0) is 0 Å². The number of hydrogen-bond acceptors (Lipinski definition) is 1. The second kappa shape index (κ2) is 5.78. The lowest BCUT2D eigenvalue weighted by molar-refractivity contribution is 0.613. The van der Waals surface area contributed by atoms with Crippen LogP contribution in [0.4, 0.5) is 4.39 Å². The number of rotatable bonds is 4. The van der Waals surface area contributed by atoms with Gasteiger partial charge in [0.1, 0.15) is 5.82 Å². The molecule has 1 atom stereocenters. The van der Waals surface area contributed by atoms with Gasteiger partial charge >= 0.3 is 0 Å². The van der Waals surface area contributed by atoms with Crippen LogP contribution in [0, 0.1) is 12.7 Å². The fourth-order valence-corrected chi connectivity index (χ4v) is 2.05. The first-order chi connectivity index (χ1) is 8.70. The average molecular weight is 243 g/mol. The summed E-state index contributed by atoms with van der Waals surface area (Å²) < 4.78 is 13.0. The molecule has 1 N–H and O–H groups in total. The molecule has 94 valence electrons. The molecule has 0 aliphatic rings. The van der Waals surface area contributed by atoms with Crippen LogP contribution in [0.1, 0.15) is 29.7 Å². The minimum Gasteiger partial charge on any atom is -0.307 e. The molecule has 1 nitrogen and oxygen atoms in total. The normalized spacial score (nSPS) is 12.4. The van der Waals surface area contributed by atoms with Crippen LogP contribution < -0.4 is 5.32 Å². The van der Waals surface area contributed by atoms with Crippen molar-refractivity contribution < 1.29 is 4.39 Å². The third-order valence-corrected chi connectivity index (χ3v) is 3.02. The van der Waals surface area contributed by atoms with E-state index in [2.05, 4.69) is 43.4 Å². The third kappa shape index (κ3) is 2.96. The van der Waals surface area contributed by atoms with E-state index in [1.54, 1.807) is 0 Å². The van der Waals surface area contributed by atoms with E-state index in [-0.39, 0.29) is 11.9 Å². The maximum atomic E-state index is 13.0. The largest absolute Gasteiger partial charge is 0.307 e. The number of benzene rings is 2. The molecule has 0 saturated carbocycles. The summed E-state index contributed by atoms with van der Waals surface area (Å²) in [6.07, 6.45) is 0. The summed E-state index contributed by atoms with van der Waals surface area (Å²) in [5.41, 5.74) is 3.53. The lowest BCUT2D eigenvalue weighted by Gasteiger charge is -2.19. The van der Waals surface area contributed by atoms with Gasteiger partial charge in [-0.1, -0.05) is 48.9 Å². The Bertz CT molecular complexity index is 442. The van der Waals surface area contributed by atoms with Gasteiger partial charge in [0.05, 0.1) is 6.04 Å². The van der Waals surface area contributed by atoms with Crippen LogP contribution in [0.2, 0.25) is 0 Å². The standard InChI is InChI=1S/C16H18FN/c1-3-18-16(13-6-4-12(2)5-7-13)14-8-10-15(17)11-9-14/h4-11,16,18H,3H2,1-2H3. The van der Waals surface area contributed by atoms with Gasteiger partial charge in [0.25, 0.3) is 0 Å². The lowest BCUT2D eigenvalue weighted by atomic mass is 9.98. The van der Waals surface area contributed by atoms with E-state index in [0.717, 1.165) is 12.1 Å². The first kappa shape index (κ1) is 12.8. The molecule has 0 aliphatic heterocycles. The lowest BCUT2D eigenvalue weighted by Crippen LogP contribution is -2.21. The maximum Gasteiger partial charge on any atom is 0.123 e. The Hall–Kier alpha value is -1.67. The Balaban J connectivity index is 2.33. The quantitative estimate of drug-likeness (QED) is 0.860. The molecule has 0 amide bonds. The van der Waals surface area contributed by atoms with Crippen molar-refractivity contribution >= 4 is 0 Å². The Kier molecular flexibility index (Phi) is 4.11. The van der Waals surface area contributed by atoms with Crippen molar-refractivity contribution in [2.24, 2.45) is 0 Å². The molecule has 0 fully saturated rings. The fourth-order valence-electron chi connectivity index (χ4n) is 2.05. The number of aryl methyl sites for hydroxylation is 1. The SMILES string of the molecule is CCNC(c1ccc(C)cc1)c1ccc(F)cc1. The summed E-state index contributed by atoms with van der Waals surface area (Å²) in [6.45, 7) is 5.02. The summed E-state index contributed by atoms with van der Waals surface area (Å²) in [7, 11) is 0. The van der Waals surface area contributed by atoms with Gasteiger partial charge < -0.3 is 5.32 Å². The van der Waals surface area contributed by atoms with Gasteiger partial charge in [-0.25, -0.2) is 4.39 Å². The molecule has 0 saturated heterocycles. The third-order valence-electron chi connectivity index (χ3n) is 3.02. The molecule has 2 aromatic rings. The van der Waals surface area contributed by atoms with Crippen LogP contribution >= 0.6 is 0 Å². The van der Waals surface area contributed by atoms with Crippen molar-refractivity contribution in [2.75, 3.05) is 6.54 Å². The molecule has 0 radical (unpaired) electrons. The monoisotopic (exact) mass is 243 g/mol. The summed E-state index contributed by atoms with van der Waals surface area (Å²) >= 11 is 0. The van der Waals surface area contributed by atoms with Gasteiger partial charge in [-0.15, -0.1) is 0 Å². The second-order valence-corrected chi connectivity index (χ2v) is 4.45. The van der Waals surface area contributed by atoms with Gasteiger partial charge in [-0.05, 0) is 36.7 Å². The van der Waals surface area contributed by atoms with Gasteiger partial charge in [-0.3, -0.25) is 0 Å². The van der Waals surface area contributed by atoms with Crippen LogP contribution in [0.3, 0.4) is 0 Å². The maximum absolute atomic E-state index is 13.0. The highest BCUT2D eigenvalue weighted by Gasteiger charge is 2.12. The Morgan fingerprint density at radius 2 is 1.44 bits per heavy atom. The Labute approximate surface area is 108 Å². The zero-order valence-corrected chi connectivity index (χ0v) is 10.8. The number of halogens is 1. The smallest absolute Gasteiger partial charge is 0.123 e. The summed E-state index contributed by atoms with van der Waals surface area (Å²) in [5.74, 6) is -0.196. The number of nitrogens with one attached hydrogen (secondary N) is 1. The first-order valence-corrected chi connectivity index (χ1v) is 6.26. The molecule has 0 bridgehead atoms. The van der Waals surface area contributed by atoms with E-state index in [1.165, 1.54) is 23.3 Å². The zero-order chi connectivity index (χ0) is 13.0. The van der Waals surface area contributed by atoms with Gasteiger partial charge in [-0.2, -0.15) is 0 Å². The van der Waals surface area contributed by atoms with Gasteiger partial charge in [0, 0.05) is 0 Å². The van der Waals surface area contributed by atoms with Gasteiger partial charge in [0.15, 0.2) is 0 Å². The molecule has 2 heteroatoms. The van der Waals surface area contributed by atoms with E-state index in [0.29, 0.717) is 0 Å². The van der Waals surface area contributed by atoms with Crippen molar-refractivity contribution in [1.82, 2.24) is 5.32 Å². The van der Waals surface area contributed by atoms with Crippen LogP contribution in [0.25, 0.3) is 0 Å². The summed E-state index contributed by atoms with van der Waals surface area (Å²) in [6, 6.07) is 15.2.